The molecule has 2 aromatic carbocycles. The minimum Gasteiger partial charge on any atom is -0.494 e. The van der Waals surface area contributed by atoms with Crippen molar-refractivity contribution in [2.45, 2.75) is 45.2 Å². The summed E-state index contributed by atoms with van der Waals surface area (Å²) in [4.78, 5) is 17.2. The third-order valence-electron chi connectivity index (χ3n) is 7.06. The van der Waals surface area contributed by atoms with Gasteiger partial charge in [-0.3, -0.25) is 0 Å². The van der Waals surface area contributed by atoms with Gasteiger partial charge in [-0.1, -0.05) is 24.3 Å². The van der Waals surface area contributed by atoms with Crippen molar-refractivity contribution < 1.29 is 13.9 Å². The van der Waals surface area contributed by atoms with Crippen molar-refractivity contribution in [3.8, 4) is 10.8 Å². The number of ether oxygens (including phenoxy) is 1. The minimum absolute atomic E-state index is 0.181. The highest BCUT2D eigenvalue weighted by Crippen LogP contribution is 2.44. The van der Waals surface area contributed by atoms with Crippen LogP contribution >= 0.6 is 11.3 Å². The summed E-state index contributed by atoms with van der Waals surface area (Å²) in [6.45, 7) is 3.01. The van der Waals surface area contributed by atoms with Crippen molar-refractivity contribution in [3.05, 3.63) is 99.9 Å². The third-order valence-corrected chi connectivity index (χ3v) is 8.40. The largest absolute Gasteiger partial charge is 0.494 e. The highest BCUT2D eigenvalue weighted by atomic mass is 32.1. The second kappa shape index (κ2) is 9.47. The monoisotopic (exact) mass is 501 g/mol. The van der Waals surface area contributed by atoms with E-state index in [1.807, 2.05) is 53.5 Å². The molecule has 1 N–H and O–H groups in total. The molecule has 184 valence electrons. The van der Waals surface area contributed by atoms with Gasteiger partial charge in [-0.25, -0.2) is 9.18 Å². The molecule has 0 radical (unpaired) electrons. The van der Waals surface area contributed by atoms with E-state index in [1.165, 1.54) is 39.9 Å². The van der Waals surface area contributed by atoms with Gasteiger partial charge in [0.1, 0.15) is 16.6 Å². The van der Waals surface area contributed by atoms with Crippen molar-refractivity contribution in [3.63, 3.8) is 0 Å². The molecule has 0 bridgehead atoms. The summed E-state index contributed by atoms with van der Waals surface area (Å²) >= 11 is 1.85. The number of urea groups is 1. The Hall–Kier alpha value is -3.58. The number of fused-ring (bicyclic) bond motifs is 5. The lowest BCUT2D eigenvalue weighted by Crippen LogP contribution is -2.38. The molecular formula is C29H28FN3O2S. The molecule has 1 atom stereocenters. The van der Waals surface area contributed by atoms with Crippen molar-refractivity contribution >= 4 is 23.1 Å². The summed E-state index contributed by atoms with van der Waals surface area (Å²) in [6, 6.07) is 17.7. The molecule has 5 nitrogen and oxygen atoms in total. The summed E-state index contributed by atoms with van der Waals surface area (Å²) < 4.78 is 22.4. The van der Waals surface area contributed by atoms with Crippen molar-refractivity contribution in [2.24, 2.45) is 0 Å². The van der Waals surface area contributed by atoms with Crippen LogP contribution in [-0.2, 0) is 19.4 Å². The van der Waals surface area contributed by atoms with E-state index in [4.69, 9.17) is 4.74 Å². The van der Waals surface area contributed by atoms with Gasteiger partial charge in [0.05, 0.1) is 30.6 Å². The topological polar surface area (TPSA) is 46.5 Å². The van der Waals surface area contributed by atoms with Crippen LogP contribution in [0.15, 0.2) is 66.9 Å². The average molecular weight is 502 g/mol. The van der Waals surface area contributed by atoms with Crippen LogP contribution in [-0.4, -0.2) is 22.1 Å². The minimum atomic E-state index is -0.449. The molecule has 2 aliphatic rings. The highest BCUT2D eigenvalue weighted by Gasteiger charge is 2.36. The first-order valence-electron chi connectivity index (χ1n) is 12.5. The number of halogens is 1. The number of hydrogen-bond donors (Lipinski definition) is 1. The van der Waals surface area contributed by atoms with Crippen LogP contribution in [0.1, 0.15) is 53.1 Å². The Kier molecular flexibility index (Phi) is 6.01. The molecular weight excluding hydrogens is 473 g/mol. The Bertz CT molecular complexity index is 1410. The number of carbonyl (C=O) groups excluding carboxylic acids is 1. The van der Waals surface area contributed by atoms with E-state index < -0.39 is 5.82 Å². The van der Waals surface area contributed by atoms with Crippen LogP contribution in [0.2, 0.25) is 0 Å². The van der Waals surface area contributed by atoms with E-state index >= 15 is 0 Å². The highest BCUT2D eigenvalue weighted by molar-refractivity contribution is 7.15. The number of aryl methyl sites for hydroxylation is 1. The van der Waals surface area contributed by atoms with E-state index in [-0.39, 0.29) is 17.8 Å². The fourth-order valence-corrected chi connectivity index (χ4v) is 6.80. The molecule has 2 aromatic heterocycles. The molecule has 4 aromatic rings. The number of nitrogens with zero attached hydrogens (tertiary/aromatic N) is 2. The van der Waals surface area contributed by atoms with E-state index in [0.29, 0.717) is 13.2 Å². The van der Waals surface area contributed by atoms with Crippen LogP contribution in [0.25, 0.3) is 5.00 Å². The van der Waals surface area contributed by atoms with Crippen LogP contribution in [0.3, 0.4) is 0 Å². The number of carbonyl (C=O) groups is 1. The molecule has 36 heavy (non-hydrogen) atoms. The van der Waals surface area contributed by atoms with Crippen molar-refractivity contribution in [2.75, 3.05) is 11.9 Å². The Balaban J connectivity index is 1.48. The van der Waals surface area contributed by atoms with Crippen molar-refractivity contribution in [1.82, 2.24) is 9.47 Å². The van der Waals surface area contributed by atoms with Gasteiger partial charge in [0.2, 0.25) is 0 Å². The maximum Gasteiger partial charge on any atom is 0.323 e. The molecule has 0 saturated carbocycles. The number of nitrogens with one attached hydrogen (secondary N) is 1. The smallest absolute Gasteiger partial charge is 0.323 e. The Morgan fingerprint density at radius 2 is 1.86 bits per heavy atom. The molecule has 0 saturated heterocycles. The number of anilines is 1. The Morgan fingerprint density at radius 3 is 2.67 bits per heavy atom. The standard InChI is InChI=1S/C29H28FN3O2S/c1-2-35-20-15-13-19(14-16-20)27-25-11-7-17-32(25)28-22(21-8-3-6-12-26(21)36-28)18-33(27)29(34)31-24-10-5-4-9-23(24)30/h4-5,7,9-11,13-17,27H,2-3,6,8,12,18H2,1H3,(H,31,34). The van der Waals surface area contributed by atoms with Gasteiger partial charge in [-0.05, 0) is 80.1 Å². The quantitative estimate of drug-likeness (QED) is 0.324. The second-order valence-electron chi connectivity index (χ2n) is 9.24. The van der Waals surface area contributed by atoms with E-state index in [2.05, 4.69) is 22.1 Å². The van der Waals surface area contributed by atoms with Gasteiger partial charge < -0.3 is 19.5 Å². The van der Waals surface area contributed by atoms with Gasteiger partial charge >= 0.3 is 6.03 Å². The fourth-order valence-electron chi connectivity index (χ4n) is 5.40. The van der Waals surface area contributed by atoms with Crippen LogP contribution in [0.4, 0.5) is 14.9 Å². The average Bonchev–Trinajstić information content (AvgIpc) is 3.48. The van der Waals surface area contributed by atoms with E-state index in [1.54, 1.807) is 18.2 Å². The summed E-state index contributed by atoms with van der Waals surface area (Å²) in [5.41, 5.74) is 4.77. The van der Waals surface area contributed by atoms with Gasteiger partial charge in [0.25, 0.3) is 0 Å². The summed E-state index contributed by atoms with van der Waals surface area (Å²) in [5, 5.41) is 4.04. The summed E-state index contributed by atoms with van der Waals surface area (Å²) in [7, 11) is 0. The molecule has 1 aliphatic carbocycles. The Morgan fingerprint density at radius 1 is 1.06 bits per heavy atom. The summed E-state index contributed by atoms with van der Waals surface area (Å²) in [6.07, 6.45) is 6.59. The lowest BCUT2D eigenvalue weighted by atomic mass is 9.95. The number of aromatic nitrogens is 1. The fraction of sp³-hybridized carbons (Fsp3) is 0.276. The van der Waals surface area contributed by atoms with Crippen LogP contribution in [0.5, 0.6) is 5.75 Å². The number of benzene rings is 2. The number of thiophene rings is 1. The van der Waals surface area contributed by atoms with Crippen LogP contribution in [0, 0.1) is 5.82 Å². The molecule has 1 aliphatic heterocycles. The SMILES string of the molecule is CCOc1ccc(C2c3cccn3-c3sc4c(c3CN2C(=O)Nc2ccccc2F)CCCC4)cc1. The zero-order valence-electron chi connectivity index (χ0n) is 20.2. The predicted molar refractivity (Wildman–Crippen MR) is 141 cm³/mol. The molecule has 1 unspecified atom stereocenters. The van der Waals surface area contributed by atoms with Gasteiger partial charge in [-0.2, -0.15) is 0 Å². The lowest BCUT2D eigenvalue weighted by molar-refractivity contribution is 0.194. The number of rotatable bonds is 4. The van der Waals surface area contributed by atoms with Gasteiger partial charge in [0.15, 0.2) is 0 Å². The zero-order valence-corrected chi connectivity index (χ0v) is 21.0. The molecule has 3 heterocycles. The normalized spacial score (nSPS) is 16.5. The van der Waals surface area contributed by atoms with Gasteiger partial charge in [0, 0.05) is 16.6 Å². The predicted octanol–water partition coefficient (Wildman–Crippen LogP) is 7.09. The number of amides is 2. The van der Waals surface area contributed by atoms with E-state index in [9.17, 15) is 9.18 Å². The molecule has 0 spiro atoms. The second-order valence-corrected chi connectivity index (χ2v) is 10.3. The first kappa shape index (κ1) is 22.9. The molecule has 0 fully saturated rings. The number of hydrogen-bond acceptors (Lipinski definition) is 3. The third kappa shape index (κ3) is 3.97. The maximum atomic E-state index is 14.5. The van der Waals surface area contributed by atoms with Crippen LogP contribution < -0.4 is 10.1 Å². The number of para-hydroxylation sites is 1. The Labute approximate surface area is 214 Å². The molecule has 7 heteroatoms. The van der Waals surface area contributed by atoms with Gasteiger partial charge in [-0.15, -0.1) is 11.3 Å². The first-order chi connectivity index (χ1) is 17.6. The molecule has 6 rings (SSSR count). The zero-order chi connectivity index (χ0) is 24.6. The lowest BCUT2D eigenvalue weighted by Gasteiger charge is -2.31. The van der Waals surface area contributed by atoms with E-state index in [0.717, 1.165) is 29.8 Å². The first-order valence-corrected chi connectivity index (χ1v) is 13.3. The van der Waals surface area contributed by atoms with Crippen molar-refractivity contribution in [1.29, 1.82) is 0 Å². The molecule has 2 amide bonds. The maximum absolute atomic E-state index is 14.5. The summed E-state index contributed by atoms with van der Waals surface area (Å²) in [5.74, 6) is 0.344.